The number of carbonyl (C=O) groups is 2. The highest BCUT2D eigenvalue weighted by Gasteiger charge is 2.26. The summed E-state index contributed by atoms with van der Waals surface area (Å²) in [5.41, 5.74) is 4.28. The summed E-state index contributed by atoms with van der Waals surface area (Å²) in [4.78, 5) is 34.0. The van der Waals surface area contributed by atoms with Gasteiger partial charge in [-0.25, -0.2) is 0 Å². The Hall–Kier alpha value is -3.64. The third-order valence-electron chi connectivity index (χ3n) is 8.66. The minimum absolute atomic E-state index is 0.0319. The van der Waals surface area contributed by atoms with Crippen LogP contribution in [-0.4, -0.2) is 54.4 Å². The molecular weight excluding hydrogens is 522 g/mol. The lowest BCUT2D eigenvalue weighted by molar-refractivity contribution is -0.133. The zero-order valence-electron chi connectivity index (χ0n) is 25.0. The van der Waals surface area contributed by atoms with E-state index in [0.717, 1.165) is 68.7 Å². The van der Waals surface area contributed by atoms with Crippen molar-refractivity contribution in [3.63, 3.8) is 0 Å². The molecule has 5 rings (SSSR count). The van der Waals surface area contributed by atoms with Crippen LogP contribution in [0.4, 0.5) is 5.69 Å². The fourth-order valence-corrected chi connectivity index (χ4v) is 6.47. The maximum absolute atomic E-state index is 13.8. The lowest BCUT2D eigenvalue weighted by atomic mass is 10.0. The first-order chi connectivity index (χ1) is 20.6. The van der Waals surface area contributed by atoms with Gasteiger partial charge in [0.2, 0.25) is 5.91 Å². The van der Waals surface area contributed by atoms with Crippen molar-refractivity contribution in [3.8, 4) is 5.75 Å². The monoisotopic (exact) mass is 567 g/mol. The van der Waals surface area contributed by atoms with E-state index in [-0.39, 0.29) is 18.4 Å². The van der Waals surface area contributed by atoms with Crippen LogP contribution in [0.3, 0.4) is 0 Å². The summed E-state index contributed by atoms with van der Waals surface area (Å²) in [6, 6.07) is 26.3. The van der Waals surface area contributed by atoms with Gasteiger partial charge in [-0.05, 0) is 67.3 Å². The molecule has 0 saturated heterocycles. The highest BCUT2D eigenvalue weighted by atomic mass is 16.5. The molecule has 0 unspecified atom stereocenters. The first-order valence-electron chi connectivity index (χ1n) is 15.7. The van der Waals surface area contributed by atoms with E-state index < -0.39 is 0 Å². The third kappa shape index (κ3) is 8.22. The first kappa shape index (κ1) is 29.8. The number of rotatable bonds is 7. The van der Waals surface area contributed by atoms with Gasteiger partial charge < -0.3 is 14.5 Å². The second kappa shape index (κ2) is 15.0. The highest BCUT2D eigenvalue weighted by molar-refractivity contribution is 5.96. The molecule has 3 aromatic rings. The zero-order valence-corrected chi connectivity index (χ0v) is 25.0. The molecule has 6 heteroatoms. The van der Waals surface area contributed by atoms with Gasteiger partial charge in [-0.1, -0.05) is 79.6 Å². The Morgan fingerprint density at radius 3 is 2.19 bits per heavy atom. The number of hydrogen-bond acceptors (Lipinski definition) is 4. The summed E-state index contributed by atoms with van der Waals surface area (Å²) in [5.74, 6) is 1.36. The van der Waals surface area contributed by atoms with Crippen molar-refractivity contribution in [1.29, 1.82) is 0 Å². The Bertz CT molecular complexity index is 1290. The first-order valence-corrected chi connectivity index (χ1v) is 15.7. The molecule has 0 bridgehead atoms. The van der Waals surface area contributed by atoms with Crippen molar-refractivity contribution in [2.24, 2.45) is 5.92 Å². The molecule has 1 aliphatic carbocycles. The van der Waals surface area contributed by atoms with Crippen LogP contribution < -0.4 is 9.64 Å². The van der Waals surface area contributed by atoms with Gasteiger partial charge in [0.05, 0.1) is 5.69 Å². The van der Waals surface area contributed by atoms with E-state index in [9.17, 15) is 9.59 Å². The molecule has 1 heterocycles. The molecule has 3 aromatic carbocycles. The molecule has 42 heavy (non-hydrogen) atoms. The summed E-state index contributed by atoms with van der Waals surface area (Å²) in [5, 5.41) is 0. The molecule has 1 saturated carbocycles. The minimum Gasteiger partial charge on any atom is -0.484 e. The van der Waals surface area contributed by atoms with Gasteiger partial charge in [-0.3, -0.25) is 14.5 Å². The van der Waals surface area contributed by atoms with E-state index in [4.69, 9.17) is 4.74 Å². The van der Waals surface area contributed by atoms with Crippen molar-refractivity contribution >= 4 is 17.5 Å². The lowest BCUT2D eigenvalue weighted by Gasteiger charge is -2.33. The number of para-hydroxylation sites is 2. The van der Waals surface area contributed by atoms with Gasteiger partial charge in [0.15, 0.2) is 6.61 Å². The van der Waals surface area contributed by atoms with Crippen LogP contribution in [-0.2, 0) is 22.7 Å². The smallest absolute Gasteiger partial charge is 0.264 e. The van der Waals surface area contributed by atoms with E-state index in [1.165, 1.54) is 18.4 Å². The van der Waals surface area contributed by atoms with Crippen LogP contribution in [0.1, 0.15) is 61.6 Å². The number of ether oxygens (including phenoxy) is 1. The maximum Gasteiger partial charge on any atom is 0.264 e. The number of fused-ring (bicyclic) bond motifs is 1. The molecular formula is C36H45N3O3. The molecule has 0 spiro atoms. The molecule has 0 radical (unpaired) electrons. The SMILES string of the molecule is Cc1cccc2c1N(C(=O)COc1ccccc1)CCCN(Cc1ccccc1)CCCN(C(=O)CC1CCCC1)C2. The van der Waals surface area contributed by atoms with Crippen LogP contribution in [0.5, 0.6) is 5.75 Å². The second-order valence-corrected chi connectivity index (χ2v) is 11.9. The van der Waals surface area contributed by atoms with Gasteiger partial charge >= 0.3 is 0 Å². The fraction of sp³-hybridized carbons (Fsp3) is 0.444. The third-order valence-corrected chi connectivity index (χ3v) is 8.66. The van der Waals surface area contributed by atoms with Gasteiger partial charge in [-0.2, -0.15) is 0 Å². The Kier molecular flexibility index (Phi) is 10.7. The lowest BCUT2D eigenvalue weighted by Crippen LogP contribution is -2.41. The second-order valence-electron chi connectivity index (χ2n) is 11.9. The number of hydrogen-bond donors (Lipinski definition) is 0. The Morgan fingerprint density at radius 1 is 0.762 bits per heavy atom. The minimum atomic E-state index is -0.0649. The predicted octanol–water partition coefficient (Wildman–Crippen LogP) is 6.61. The predicted molar refractivity (Wildman–Crippen MR) is 168 cm³/mol. The Labute approximate surface area is 251 Å². The van der Waals surface area contributed by atoms with Gasteiger partial charge in [-0.15, -0.1) is 0 Å². The normalized spacial score (nSPS) is 17.3. The van der Waals surface area contributed by atoms with Crippen LogP contribution in [0, 0.1) is 12.8 Å². The van der Waals surface area contributed by atoms with Gasteiger partial charge in [0, 0.05) is 45.7 Å². The number of aryl methyl sites for hydroxylation is 1. The molecule has 0 atom stereocenters. The summed E-state index contributed by atoms with van der Waals surface area (Å²) in [7, 11) is 0. The molecule has 1 aliphatic heterocycles. The number of benzene rings is 3. The topological polar surface area (TPSA) is 53.1 Å². The van der Waals surface area contributed by atoms with Crippen molar-refractivity contribution in [1.82, 2.24) is 9.80 Å². The van der Waals surface area contributed by atoms with Crippen LogP contribution in [0.25, 0.3) is 0 Å². The fourth-order valence-electron chi connectivity index (χ4n) is 6.47. The standard InChI is InChI=1S/C36H45N3O3/c1-29-13-10-18-32-27-38(34(40)25-30-14-8-9-15-30)23-11-21-37(26-31-16-4-2-5-17-31)22-12-24-39(36(29)32)35(41)28-42-33-19-6-3-7-20-33/h2-7,10,13,16-20,30H,8-9,11-12,14-15,21-28H2,1H3. The van der Waals surface area contributed by atoms with Crippen molar-refractivity contribution in [2.75, 3.05) is 37.7 Å². The summed E-state index contributed by atoms with van der Waals surface area (Å²) in [6.07, 6.45) is 7.18. The maximum atomic E-state index is 13.8. The molecule has 2 aliphatic rings. The summed E-state index contributed by atoms with van der Waals surface area (Å²) < 4.78 is 5.92. The average Bonchev–Trinajstić information content (AvgIpc) is 3.51. The quantitative estimate of drug-likeness (QED) is 0.322. The number of amides is 2. The van der Waals surface area contributed by atoms with Crippen molar-refractivity contribution in [3.05, 3.63) is 95.6 Å². The Balaban J connectivity index is 1.41. The van der Waals surface area contributed by atoms with Crippen molar-refractivity contribution < 1.29 is 14.3 Å². The van der Waals surface area contributed by atoms with E-state index in [0.29, 0.717) is 31.2 Å². The number of carbonyl (C=O) groups excluding carboxylic acids is 2. The van der Waals surface area contributed by atoms with E-state index >= 15 is 0 Å². The summed E-state index contributed by atoms with van der Waals surface area (Å²) >= 11 is 0. The van der Waals surface area contributed by atoms with Gasteiger partial charge in [0.25, 0.3) is 5.91 Å². The van der Waals surface area contributed by atoms with Crippen LogP contribution >= 0.6 is 0 Å². The van der Waals surface area contributed by atoms with E-state index in [2.05, 4.69) is 59.2 Å². The molecule has 2 amide bonds. The molecule has 0 N–H and O–H groups in total. The average molecular weight is 568 g/mol. The zero-order chi connectivity index (χ0) is 29.1. The number of nitrogens with zero attached hydrogens (tertiary/aromatic N) is 3. The molecule has 6 nitrogen and oxygen atoms in total. The summed E-state index contributed by atoms with van der Waals surface area (Å²) in [6.45, 7) is 6.50. The molecule has 1 fully saturated rings. The van der Waals surface area contributed by atoms with E-state index in [1.54, 1.807) is 0 Å². The molecule has 0 aromatic heterocycles. The van der Waals surface area contributed by atoms with Gasteiger partial charge in [0.1, 0.15) is 5.75 Å². The van der Waals surface area contributed by atoms with Crippen LogP contribution in [0.2, 0.25) is 0 Å². The molecule has 222 valence electrons. The Morgan fingerprint density at radius 2 is 1.45 bits per heavy atom. The highest BCUT2D eigenvalue weighted by Crippen LogP contribution is 2.31. The van der Waals surface area contributed by atoms with E-state index in [1.807, 2.05) is 41.3 Å². The van der Waals surface area contributed by atoms with Crippen LogP contribution in [0.15, 0.2) is 78.9 Å². The number of anilines is 1. The largest absolute Gasteiger partial charge is 0.484 e. The van der Waals surface area contributed by atoms with Crippen molar-refractivity contribution in [2.45, 2.75) is 65.0 Å².